The zero-order chi connectivity index (χ0) is 21.8. The number of methoxy groups -OCH3 is 1. The van der Waals surface area contributed by atoms with E-state index in [9.17, 15) is 5.26 Å². The van der Waals surface area contributed by atoms with Gasteiger partial charge in [0, 0.05) is 11.1 Å². The number of hydrogen-bond acceptors (Lipinski definition) is 5. The van der Waals surface area contributed by atoms with Crippen molar-refractivity contribution in [3.05, 3.63) is 90.0 Å². The molecule has 0 radical (unpaired) electrons. The Morgan fingerprint density at radius 3 is 2.23 bits per heavy atom. The summed E-state index contributed by atoms with van der Waals surface area (Å²) in [5, 5.41) is 9.80. The summed E-state index contributed by atoms with van der Waals surface area (Å²) in [4.78, 5) is 4.53. The highest BCUT2D eigenvalue weighted by Crippen LogP contribution is 2.37. The van der Waals surface area contributed by atoms with Crippen LogP contribution in [0.3, 0.4) is 0 Å². The molecule has 0 amide bonds. The van der Waals surface area contributed by atoms with Gasteiger partial charge in [0.05, 0.1) is 12.8 Å². The second-order valence-corrected chi connectivity index (χ2v) is 7.00. The van der Waals surface area contributed by atoms with Gasteiger partial charge in [-0.3, -0.25) is 0 Å². The number of nitrogen functional groups attached to an aromatic ring is 1. The van der Waals surface area contributed by atoms with Crippen LogP contribution in [0.5, 0.6) is 17.2 Å². The van der Waals surface area contributed by atoms with Crippen molar-refractivity contribution in [3.63, 3.8) is 0 Å². The number of pyridine rings is 1. The second kappa shape index (κ2) is 8.60. The van der Waals surface area contributed by atoms with E-state index in [4.69, 9.17) is 15.2 Å². The normalized spacial score (nSPS) is 10.4. The molecule has 4 aromatic rings. The molecule has 31 heavy (non-hydrogen) atoms. The molecular weight excluding hydrogens is 386 g/mol. The van der Waals surface area contributed by atoms with Crippen molar-refractivity contribution in [1.82, 2.24) is 4.98 Å². The highest BCUT2D eigenvalue weighted by Gasteiger charge is 2.19. The van der Waals surface area contributed by atoms with Crippen molar-refractivity contribution < 1.29 is 9.47 Å². The lowest BCUT2D eigenvalue weighted by molar-refractivity contribution is 0.415. The number of ether oxygens (including phenoxy) is 2. The van der Waals surface area contributed by atoms with Crippen LogP contribution in [0.1, 0.15) is 11.1 Å². The zero-order valence-corrected chi connectivity index (χ0v) is 17.3. The van der Waals surface area contributed by atoms with Crippen LogP contribution in [0.25, 0.3) is 22.4 Å². The molecule has 0 aliphatic heterocycles. The number of nitrogens with zero attached hydrogens (tertiary/aromatic N) is 2. The molecule has 1 heterocycles. The van der Waals surface area contributed by atoms with Crippen LogP contribution >= 0.6 is 0 Å². The first-order valence-electron chi connectivity index (χ1n) is 9.78. The first-order chi connectivity index (χ1) is 15.1. The average Bonchev–Trinajstić information content (AvgIpc) is 2.81. The van der Waals surface area contributed by atoms with Crippen LogP contribution in [0.2, 0.25) is 0 Å². The molecule has 0 aliphatic rings. The van der Waals surface area contributed by atoms with E-state index >= 15 is 0 Å². The molecule has 2 N–H and O–H groups in total. The van der Waals surface area contributed by atoms with Crippen LogP contribution in [-0.4, -0.2) is 12.1 Å². The van der Waals surface area contributed by atoms with Gasteiger partial charge in [0.25, 0.3) is 0 Å². The van der Waals surface area contributed by atoms with Gasteiger partial charge >= 0.3 is 0 Å². The Labute approximate surface area is 181 Å². The number of nitriles is 1. The standard InChI is InChI=1S/C26H21N3O2/c1-17-24(19-7-6-10-22(15-19)31-21-8-4-3-5-9-21)23(16-27)26(28)29-25(17)18-11-13-20(30-2)14-12-18/h3-15H,1-2H3,(H2,28,29). The maximum atomic E-state index is 9.80. The van der Waals surface area contributed by atoms with Gasteiger partial charge in [-0.1, -0.05) is 30.3 Å². The summed E-state index contributed by atoms with van der Waals surface area (Å²) in [6, 6.07) is 27.0. The highest BCUT2D eigenvalue weighted by molar-refractivity contribution is 5.84. The first kappa shape index (κ1) is 20.0. The van der Waals surface area contributed by atoms with Gasteiger partial charge in [-0.25, -0.2) is 4.98 Å². The van der Waals surface area contributed by atoms with Gasteiger partial charge in [-0.05, 0) is 66.6 Å². The van der Waals surface area contributed by atoms with Crippen molar-refractivity contribution in [3.8, 4) is 45.7 Å². The molecule has 0 unspecified atom stereocenters. The number of para-hydroxylation sites is 1. The molecule has 0 spiro atoms. The third-order valence-corrected chi connectivity index (χ3v) is 5.05. The first-order valence-corrected chi connectivity index (χ1v) is 9.78. The second-order valence-electron chi connectivity index (χ2n) is 7.00. The Hall–Kier alpha value is -4.30. The highest BCUT2D eigenvalue weighted by atomic mass is 16.5. The van der Waals surface area contributed by atoms with Gasteiger partial charge in [0.1, 0.15) is 34.7 Å². The van der Waals surface area contributed by atoms with E-state index in [0.717, 1.165) is 39.4 Å². The van der Waals surface area contributed by atoms with Crippen LogP contribution in [0.4, 0.5) is 5.82 Å². The minimum Gasteiger partial charge on any atom is -0.497 e. The molecule has 0 saturated carbocycles. The molecule has 3 aromatic carbocycles. The number of rotatable bonds is 5. The van der Waals surface area contributed by atoms with E-state index in [1.807, 2.05) is 85.8 Å². The van der Waals surface area contributed by atoms with Crippen LogP contribution in [0.15, 0.2) is 78.9 Å². The number of aromatic nitrogens is 1. The summed E-state index contributed by atoms with van der Waals surface area (Å²) in [7, 11) is 1.63. The zero-order valence-electron chi connectivity index (χ0n) is 17.3. The lowest BCUT2D eigenvalue weighted by Crippen LogP contribution is -2.03. The molecule has 4 rings (SSSR count). The maximum Gasteiger partial charge on any atom is 0.142 e. The molecule has 0 bridgehead atoms. The number of benzene rings is 3. The van der Waals surface area contributed by atoms with Crippen LogP contribution in [0, 0.1) is 18.3 Å². The van der Waals surface area contributed by atoms with Crippen LogP contribution in [-0.2, 0) is 0 Å². The van der Waals surface area contributed by atoms with Gasteiger partial charge in [0.2, 0.25) is 0 Å². The summed E-state index contributed by atoms with van der Waals surface area (Å²) >= 11 is 0. The Kier molecular flexibility index (Phi) is 5.55. The fourth-order valence-electron chi connectivity index (χ4n) is 3.54. The fraction of sp³-hybridized carbons (Fsp3) is 0.0769. The lowest BCUT2D eigenvalue weighted by Gasteiger charge is -2.16. The summed E-state index contributed by atoms with van der Waals surface area (Å²) in [5.41, 5.74) is 10.6. The third-order valence-electron chi connectivity index (χ3n) is 5.05. The van der Waals surface area contributed by atoms with Gasteiger partial charge in [-0.2, -0.15) is 5.26 Å². The summed E-state index contributed by atoms with van der Waals surface area (Å²) < 4.78 is 11.2. The van der Waals surface area contributed by atoms with E-state index in [1.165, 1.54) is 0 Å². The molecule has 0 atom stereocenters. The Bertz CT molecular complexity index is 1260. The van der Waals surface area contributed by atoms with E-state index < -0.39 is 0 Å². The van der Waals surface area contributed by atoms with Crippen molar-refractivity contribution >= 4 is 5.82 Å². The molecule has 0 aliphatic carbocycles. The SMILES string of the molecule is COc1ccc(-c2nc(N)c(C#N)c(-c3cccc(Oc4ccccc4)c3)c2C)cc1. The van der Waals surface area contributed by atoms with Gasteiger partial charge in [0.15, 0.2) is 0 Å². The summed E-state index contributed by atoms with van der Waals surface area (Å²) in [6.07, 6.45) is 0. The summed E-state index contributed by atoms with van der Waals surface area (Å²) in [6.45, 7) is 1.95. The van der Waals surface area contributed by atoms with Crippen LogP contribution < -0.4 is 15.2 Å². The molecule has 0 saturated heterocycles. The van der Waals surface area contributed by atoms with Crippen molar-refractivity contribution in [2.45, 2.75) is 6.92 Å². The molecule has 1 aromatic heterocycles. The average molecular weight is 407 g/mol. The quantitative estimate of drug-likeness (QED) is 0.440. The van der Waals surface area contributed by atoms with Gasteiger partial charge < -0.3 is 15.2 Å². The predicted molar refractivity (Wildman–Crippen MR) is 122 cm³/mol. The Balaban J connectivity index is 1.83. The summed E-state index contributed by atoms with van der Waals surface area (Å²) in [5.74, 6) is 2.37. The van der Waals surface area contributed by atoms with Crippen molar-refractivity contribution in [1.29, 1.82) is 5.26 Å². The topological polar surface area (TPSA) is 81.2 Å². The smallest absolute Gasteiger partial charge is 0.142 e. The minimum atomic E-state index is 0.197. The van der Waals surface area contributed by atoms with Crippen molar-refractivity contribution in [2.75, 3.05) is 12.8 Å². The predicted octanol–water partition coefficient (Wildman–Crippen LogP) is 5.98. The van der Waals surface area contributed by atoms with E-state index in [-0.39, 0.29) is 5.82 Å². The molecule has 5 nitrogen and oxygen atoms in total. The Morgan fingerprint density at radius 1 is 0.839 bits per heavy atom. The monoisotopic (exact) mass is 407 g/mol. The minimum absolute atomic E-state index is 0.197. The number of nitrogens with two attached hydrogens (primary N) is 1. The van der Waals surface area contributed by atoms with E-state index in [1.54, 1.807) is 7.11 Å². The van der Waals surface area contributed by atoms with E-state index in [0.29, 0.717) is 11.3 Å². The maximum absolute atomic E-state index is 9.80. The lowest BCUT2D eigenvalue weighted by atomic mass is 9.92. The molecular formula is C26H21N3O2. The largest absolute Gasteiger partial charge is 0.497 e. The van der Waals surface area contributed by atoms with Gasteiger partial charge in [-0.15, -0.1) is 0 Å². The Morgan fingerprint density at radius 2 is 1.55 bits per heavy atom. The van der Waals surface area contributed by atoms with Crippen molar-refractivity contribution in [2.24, 2.45) is 0 Å². The molecule has 5 heteroatoms. The molecule has 0 fully saturated rings. The number of hydrogen-bond donors (Lipinski definition) is 1. The number of anilines is 1. The fourth-order valence-corrected chi connectivity index (χ4v) is 3.54. The van der Waals surface area contributed by atoms with E-state index in [2.05, 4.69) is 11.1 Å². The third kappa shape index (κ3) is 4.05. The molecule has 152 valence electrons.